The van der Waals surface area contributed by atoms with E-state index < -0.39 is 0 Å². The normalized spacial score (nSPS) is 16.3. The number of piperidine rings is 1. The van der Waals surface area contributed by atoms with E-state index >= 15 is 0 Å². The third-order valence-electron chi connectivity index (χ3n) is 4.46. The summed E-state index contributed by atoms with van der Waals surface area (Å²) in [5.41, 5.74) is 0. The molecule has 1 aromatic heterocycles. The number of hydrogen-bond donors (Lipinski definition) is 1. The zero-order valence-corrected chi connectivity index (χ0v) is 17.3. The minimum absolute atomic E-state index is 0.369. The number of nitrogens with one attached hydrogen (secondary N) is 1. The van der Waals surface area contributed by atoms with Crippen LogP contribution in [0.25, 0.3) is 0 Å². The summed E-state index contributed by atoms with van der Waals surface area (Å²) >= 11 is 1.80. The first-order chi connectivity index (χ1) is 12.8. The van der Waals surface area contributed by atoms with Crippen molar-refractivity contribution in [3.63, 3.8) is 0 Å². The Morgan fingerprint density at radius 3 is 2.81 bits per heavy atom. The lowest BCUT2D eigenvalue weighted by molar-refractivity contribution is 0.00991. The molecule has 2 rings (SSSR count). The topological polar surface area (TPSA) is 59.0 Å². The van der Waals surface area contributed by atoms with E-state index in [0.29, 0.717) is 6.10 Å². The van der Waals surface area contributed by atoms with E-state index in [4.69, 9.17) is 14.5 Å². The Morgan fingerprint density at radius 1 is 1.35 bits per heavy atom. The van der Waals surface area contributed by atoms with Gasteiger partial charge < -0.3 is 19.7 Å². The standard InChI is InChI=1S/C19H34N4O2S/c1-4-17-15-22-18(26-17)7-10-21-19(20-5-2)23-11-8-16(9-12-23)25-14-6-13-24-3/h15-16H,4-14H2,1-3H3,(H,20,21). The summed E-state index contributed by atoms with van der Waals surface area (Å²) in [6.45, 7) is 9.53. The van der Waals surface area contributed by atoms with Crippen LogP contribution < -0.4 is 5.32 Å². The molecule has 0 aromatic carbocycles. The number of aromatic nitrogens is 1. The average Bonchev–Trinajstić information content (AvgIpc) is 3.13. The van der Waals surface area contributed by atoms with Crippen molar-refractivity contribution < 1.29 is 9.47 Å². The fourth-order valence-corrected chi connectivity index (χ4v) is 3.85. The quantitative estimate of drug-likeness (QED) is 0.383. The third kappa shape index (κ3) is 7.21. The van der Waals surface area contributed by atoms with E-state index in [2.05, 4.69) is 29.0 Å². The summed E-state index contributed by atoms with van der Waals surface area (Å²) < 4.78 is 11.0. The lowest BCUT2D eigenvalue weighted by Gasteiger charge is -2.34. The first-order valence-corrected chi connectivity index (χ1v) is 10.7. The van der Waals surface area contributed by atoms with Gasteiger partial charge in [0.15, 0.2) is 5.96 Å². The van der Waals surface area contributed by atoms with Crippen LogP contribution in [0.4, 0.5) is 0 Å². The number of methoxy groups -OCH3 is 1. The number of guanidine groups is 1. The maximum atomic E-state index is 5.95. The van der Waals surface area contributed by atoms with Crippen molar-refractivity contribution in [1.29, 1.82) is 0 Å². The van der Waals surface area contributed by atoms with Gasteiger partial charge in [0.25, 0.3) is 0 Å². The molecule has 2 heterocycles. The van der Waals surface area contributed by atoms with Gasteiger partial charge in [0.2, 0.25) is 0 Å². The van der Waals surface area contributed by atoms with Gasteiger partial charge in [-0.2, -0.15) is 0 Å². The molecule has 26 heavy (non-hydrogen) atoms. The van der Waals surface area contributed by atoms with Gasteiger partial charge in [-0.1, -0.05) is 6.92 Å². The van der Waals surface area contributed by atoms with Crippen molar-refractivity contribution in [3.8, 4) is 0 Å². The molecule has 1 fully saturated rings. The first-order valence-electron chi connectivity index (χ1n) is 9.84. The molecule has 0 amide bonds. The van der Waals surface area contributed by atoms with Crippen LogP contribution in [-0.2, 0) is 22.3 Å². The third-order valence-corrected chi connectivity index (χ3v) is 5.66. The number of likely N-dealkylation sites (tertiary alicyclic amines) is 1. The van der Waals surface area contributed by atoms with Gasteiger partial charge in [-0.15, -0.1) is 11.3 Å². The highest BCUT2D eigenvalue weighted by molar-refractivity contribution is 7.11. The van der Waals surface area contributed by atoms with Crippen LogP contribution in [0.15, 0.2) is 11.2 Å². The number of ether oxygens (including phenoxy) is 2. The summed E-state index contributed by atoms with van der Waals surface area (Å²) in [5, 5.41) is 4.62. The lowest BCUT2D eigenvalue weighted by Crippen LogP contribution is -2.47. The summed E-state index contributed by atoms with van der Waals surface area (Å²) in [7, 11) is 1.73. The lowest BCUT2D eigenvalue weighted by atomic mass is 10.1. The van der Waals surface area contributed by atoms with Gasteiger partial charge in [-0.3, -0.25) is 4.99 Å². The molecule has 1 N–H and O–H groups in total. The van der Waals surface area contributed by atoms with E-state index in [1.807, 2.05) is 6.20 Å². The van der Waals surface area contributed by atoms with E-state index in [1.54, 1.807) is 18.4 Å². The van der Waals surface area contributed by atoms with Crippen molar-refractivity contribution in [2.75, 3.05) is 46.5 Å². The van der Waals surface area contributed by atoms with Crippen molar-refractivity contribution in [2.24, 2.45) is 4.99 Å². The minimum Gasteiger partial charge on any atom is -0.385 e. The zero-order chi connectivity index (χ0) is 18.6. The van der Waals surface area contributed by atoms with E-state index in [0.717, 1.165) is 77.5 Å². The maximum absolute atomic E-state index is 5.95. The van der Waals surface area contributed by atoms with Gasteiger partial charge >= 0.3 is 0 Å². The highest BCUT2D eigenvalue weighted by Gasteiger charge is 2.21. The molecule has 0 atom stereocenters. The van der Waals surface area contributed by atoms with Crippen LogP contribution in [0.2, 0.25) is 0 Å². The molecule has 1 aliphatic rings. The van der Waals surface area contributed by atoms with Gasteiger partial charge in [0, 0.05) is 64.0 Å². The Balaban J connectivity index is 1.76. The molecule has 0 spiro atoms. The number of hydrogen-bond acceptors (Lipinski definition) is 5. The number of rotatable bonds is 10. The molecule has 0 radical (unpaired) electrons. The van der Waals surface area contributed by atoms with Crippen molar-refractivity contribution in [1.82, 2.24) is 15.2 Å². The van der Waals surface area contributed by atoms with Crippen LogP contribution in [0.3, 0.4) is 0 Å². The van der Waals surface area contributed by atoms with Crippen molar-refractivity contribution in [3.05, 3.63) is 16.1 Å². The van der Waals surface area contributed by atoms with E-state index in [9.17, 15) is 0 Å². The zero-order valence-electron chi connectivity index (χ0n) is 16.5. The van der Waals surface area contributed by atoms with Gasteiger partial charge in [-0.25, -0.2) is 4.98 Å². The number of nitrogens with zero attached hydrogens (tertiary/aromatic N) is 3. The number of thiazole rings is 1. The summed E-state index contributed by atoms with van der Waals surface area (Å²) in [4.78, 5) is 13.0. The number of aliphatic imine (C=N–C) groups is 1. The molecular formula is C19H34N4O2S. The molecular weight excluding hydrogens is 348 g/mol. The molecule has 1 aliphatic heterocycles. The fourth-order valence-electron chi connectivity index (χ4n) is 3.00. The Labute approximate surface area is 162 Å². The van der Waals surface area contributed by atoms with Gasteiger partial charge in [-0.05, 0) is 32.6 Å². The van der Waals surface area contributed by atoms with Gasteiger partial charge in [0.05, 0.1) is 11.1 Å². The van der Waals surface area contributed by atoms with E-state index in [1.165, 1.54) is 9.88 Å². The Bertz CT molecular complexity index is 527. The summed E-state index contributed by atoms with van der Waals surface area (Å²) in [5.74, 6) is 1.03. The largest absolute Gasteiger partial charge is 0.385 e. The van der Waals surface area contributed by atoms with Crippen LogP contribution in [0.1, 0.15) is 43.0 Å². The minimum atomic E-state index is 0.369. The highest BCUT2D eigenvalue weighted by atomic mass is 32.1. The highest BCUT2D eigenvalue weighted by Crippen LogP contribution is 2.15. The maximum Gasteiger partial charge on any atom is 0.193 e. The Kier molecular flexibility index (Phi) is 9.95. The first kappa shape index (κ1) is 21.1. The number of aryl methyl sites for hydroxylation is 1. The fraction of sp³-hybridized carbons (Fsp3) is 0.789. The molecule has 0 aliphatic carbocycles. The summed E-state index contributed by atoms with van der Waals surface area (Å²) in [6, 6.07) is 0. The molecule has 0 saturated carbocycles. The molecule has 1 saturated heterocycles. The molecule has 1 aromatic rings. The molecule has 7 heteroatoms. The molecule has 0 bridgehead atoms. The second kappa shape index (κ2) is 12.3. The second-order valence-electron chi connectivity index (χ2n) is 6.46. The summed E-state index contributed by atoms with van der Waals surface area (Å²) in [6.07, 6.45) is 7.43. The molecule has 0 unspecified atom stereocenters. The predicted molar refractivity (Wildman–Crippen MR) is 108 cm³/mol. The van der Waals surface area contributed by atoms with Crippen molar-refractivity contribution in [2.45, 2.75) is 52.1 Å². The van der Waals surface area contributed by atoms with Crippen LogP contribution in [0.5, 0.6) is 0 Å². The SMILES string of the molecule is CCNC(=NCCc1ncc(CC)s1)N1CCC(OCCCOC)CC1. The monoisotopic (exact) mass is 382 g/mol. The van der Waals surface area contributed by atoms with Crippen LogP contribution in [-0.4, -0.2) is 68.4 Å². The van der Waals surface area contributed by atoms with Gasteiger partial charge in [0.1, 0.15) is 0 Å². The second-order valence-corrected chi connectivity index (χ2v) is 7.66. The Hall–Kier alpha value is -1.18. The molecule has 6 nitrogen and oxygen atoms in total. The predicted octanol–water partition coefficient (Wildman–Crippen LogP) is 2.73. The molecule has 148 valence electrons. The Morgan fingerprint density at radius 2 is 2.15 bits per heavy atom. The van der Waals surface area contributed by atoms with Crippen molar-refractivity contribution >= 4 is 17.3 Å². The average molecular weight is 383 g/mol. The van der Waals surface area contributed by atoms with Crippen LogP contribution >= 0.6 is 11.3 Å². The van der Waals surface area contributed by atoms with Crippen LogP contribution in [0, 0.1) is 0 Å². The smallest absolute Gasteiger partial charge is 0.193 e. The van der Waals surface area contributed by atoms with E-state index in [-0.39, 0.29) is 0 Å².